The van der Waals surface area contributed by atoms with E-state index in [-0.39, 0.29) is 30.9 Å². The van der Waals surface area contributed by atoms with Crippen molar-refractivity contribution in [2.24, 2.45) is 0 Å². The number of rotatable bonds is 7. The lowest BCUT2D eigenvalue weighted by atomic mass is 9.93. The average molecular weight is 503 g/mol. The van der Waals surface area contributed by atoms with Gasteiger partial charge in [-0.1, -0.05) is 47.5 Å². The number of hydrogen-bond donors (Lipinski definition) is 0. The molecule has 1 atom stereocenters. The van der Waals surface area contributed by atoms with Gasteiger partial charge in [0.1, 0.15) is 6.54 Å². The van der Waals surface area contributed by atoms with Gasteiger partial charge < -0.3 is 14.5 Å². The maximum atomic E-state index is 13.6. The van der Waals surface area contributed by atoms with E-state index in [1.807, 2.05) is 29.2 Å². The third kappa shape index (κ3) is 5.25. The maximum absolute atomic E-state index is 13.6. The molecule has 0 saturated carbocycles. The second-order valence-corrected chi connectivity index (χ2v) is 9.63. The molecule has 5 nitrogen and oxygen atoms in total. The van der Waals surface area contributed by atoms with E-state index < -0.39 is 0 Å². The molecule has 3 aromatic rings. The summed E-state index contributed by atoms with van der Waals surface area (Å²) in [5.74, 6) is -0.411. The molecule has 33 heavy (non-hydrogen) atoms. The smallest absolute Gasteiger partial charge is 0.255 e. The van der Waals surface area contributed by atoms with Crippen LogP contribution >= 0.6 is 34.5 Å². The second kappa shape index (κ2) is 10.7. The lowest BCUT2D eigenvalue weighted by molar-refractivity contribution is -0.134. The van der Waals surface area contributed by atoms with Gasteiger partial charge >= 0.3 is 0 Å². The van der Waals surface area contributed by atoms with Crippen LogP contribution in [0.1, 0.15) is 32.4 Å². The zero-order valence-corrected chi connectivity index (χ0v) is 20.5. The van der Waals surface area contributed by atoms with Crippen LogP contribution in [0.25, 0.3) is 0 Å². The molecule has 0 bridgehead atoms. The normalized spacial score (nSPS) is 15.2. The van der Waals surface area contributed by atoms with Crippen molar-refractivity contribution in [1.82, 2.24) is 9.80 Å². The van der Waals surface area contributed by atoms with Crippen LogP contribution in [0.2, 0.25) is 10.0 Å². The van der Waals surface area contributed by atoms with Gasteiger partial charge in [-0.15, -0.1) is 11.3 Å². The van der Waals surface area contributed by atoms with Gasteiger partial charge in [-0.25, -0.2) is 0 Å². The van der Waals surface area contributed by atoms with Crippen LogP contribution < -0.4 is 0 Å². The molecule has 2 aromatic carbocycles. The summed E-state index contributed by atoms with van der Waals surface area (Å²) in [6, 6.07) is 16.3. The van der Waals surface area contributed by atoms with Crippen molar-refractivity contribution in [2.75, 3.05) is 33.4 Å². The molecule has 0 fully saturated rings. The van der Waals surface area contributed by atoms with Gasteiger partial charge in [-0.3, -0.25) is 9.59 Å². The first-order chi connectivity index (χ1) is 16.0. The Morgan fingerprint density at radius 1 is 1.12 bits per heavy atom. The van der Waals surface area contributed by atoms with E-state index in [1.165, 1.54) is 9.78 Å². The number of carbonyl (C=O) groups is 2. The molecular weight excluding hydrogens is 479 g/mol. The van der Waals surface area contributed by atoms with Crippen molar-refractivity contribution in [2.45, 2.75) is 12.5 Å². The quantitative estimate of drug-likeness (QED) is 0.439. The van der Waals surface area contributed by atoms with Gasteiger partial charge in [0.25, 0.3) is 5.91 Å². The fourth-order valence-corrected chi connectivity index (χ4v) is 5.35. The summed E-state index contributed by atoms with van der Waals surface area (Å²) in [6.07, 6.45) is 0.791. The Balaban J connectivity index is 1.62. The van der Waals surface area contributed by atoms with E-state index >= 15 is 0 Å². The standard InChI is InChI=1S/C25H24Cl2N2O3S/c1-32-14-13-28(25(31)19-4-2-3-5-21(19)27)16-23(30)29-12-10-22-20(11-15-33-22)24(29)17-6-8-18(26)9-7-17/h2-9,11,15,24H,10,12-14,16H2,1H3. The minimum Gasteiger partial charge on any atom is -0.383 e. The molecule has 1 aliphatic heterocycles. The monoisotopic (exact) mass is 502 g/mol. The van der Waals surface area contributed by atoms with E-state index in [1.54, 1.807) is 42.7 Å². The number of amides is 2. The van der Waals surface area contributed by atoms with Crippen LogP contribution in [0, 0.1) is 0 Å². The number of hydrogen-bond acceptors (Lipinski definition) is 4. The molecule has 4 rings (SSSR count). The minimum atomic E-state index is -0.290. The Kier molecular flexibility index (Phi) is 7.71. The van der Waals surface area contributed by atoms with E-state index in [4.69, 9.17) is 27.9 Å². The summed E-state index contributed by atoms with van der Waals surface area (Å²) < 4.78 is 5.19. The Bertz CT molecular complexity index is 1130. The molecular formula is C25H24Cl2N2O3S. The number of nitrogens with zero attached hydrogens (tertiary/aromatic N) is 2. The number of thiophene rings is 1. The summed E-state index contributed by atoms with van der Waals surface area (Å²) in [4.78, 5) is 31.5. The first kappa shape index (κ1) is 23.8. The van der Waals surface area contributed by atoms with E-state index in [0.717, 1.165) is 17.5 Å². The molecule has 1 unspecified atom stereocenters. The van der Waals surface area contributed by atoms with E-state index in [9.17, 15) is 9.59 Å². The SMILES string of the molecule is COCCN(CC(=O)N1CCc2sccc2C1c1ccc(Cl)cc1)C(=O)c1ccccc1Cl. The van der Waals surface area contributed by atoms with Crippen molar-refractivity contribution in [3.63, 3.8) is 0 Å². The van der Waals surface area contributed by atoms with E-state index in [0.29, 0.717) is 28.8 Å². The van der Waals surface area contributed by atoms with Gasteiger partial charge in [0, 0.05) is 30.1 Å². The number of ether oxygens (including phenoxy) is 1. The Morgan fingerprint density at radius 2 is 1.88 bits per heavy atom. The van der Waals surface area contributed by atoms with Crippen LogP contribution in [0.4, 0.5) is 0 Å². The molecule has 172 valence electrons. The topological polar surface area (TPSA) is 49.9 Å². The fourth-order valence-electron chi connectivity index (χ4n) is 4.10. The van der Waals surface area contributed by atoms with Crippen LogP contribution in [0.15, 0.2) is 60.0 Å². The average Bonchev–Trinajstić information content (AvgIpc) is 3.30. The maximum Gasteiger partial charge on any atom is 0.255 e. The molecule has 0 radical (unpaired) electrons. The van der Waals surface area contributed by atoms with Crippen molar-refractivity contribution in [1.29, 1.82) is 0 Å². The van der Waals surface area contributed by atoms with Crippen LogP contribution in [0.3, 0.4) is 0 Å². The highest BCUT2D eigenvalue weighted by molar-refractivity contribution is 7.10. The number of benzene rings is 2. The van der Waals surface area contributed by atoms with Crippen molar-refractivity contribution in [3.05, 3.63) is 91.6 Å². The number of carbonyl (C=O) groups excluding carboxylic acids is 2. The second-order valence-electron chi connectivity index (χ2n) is 7.79. The van der Waals surface area contributed by atoms with Gasteiger partial charge in [0.2, 0.25) is 5.91 Å². The highest BCUT2D eigenvalue weighted by Gasteiger charge is 2.34. The van der Waals surface area contributed by atoms with Crippen LogP contribution in [0.5, 0.6) is 0 Å². The van der Waals surface area contributed by atoms with Crippen molar-refractivity contribution >= 4 is 46.4 Å². The lowest BCUT2D eigenvalue weighted by Crippen LogP contribution is -2.47. The summed E-state index contributed by atoms with van der Waals surface area (Å²) in [7, 11) is 1.57. The summed E-state index contributed by atoms with van der Waals surface area (Å²) in [6.45, 7) is 1.13. The van der Waals surface area contributed by atoms with Crippen LogP contribution in [-0.2, 0) is 16.0 Å². The zero-order valence-electron chi connectivity index (χ0n) is 18.2. The molecule has 2 heterocycles. The molecule has 0 spiro atoms. The molecule has 1 aromatic heterocycles. The summed E-state index contributed by atoms with van der Waals surface area (Å²) in [5, 5.41) is 3.07. The Morgan fingerprint density at radius 3 is 2.61 bits per heavy atom. The van der Waals surface area contributed by atoms with Crippen molar-refractivity contribution < 1.29 is 14.3 Å². The molecule has 2 amide bonds. The first-order valence-corrected chi connectivity index (χ1v) is 12.3. The predicted octanol–water partition coefficient (Wildman–Crippen LogP) is 5.32. The van der Waals surface area contributed by atoms with Gasteiger partial charge in [-0.05, 0) is 53.3 Å². The lowest BCUT2D eigenvalue weighted by Gasteiger charge is -2.37. The number of methoxy groups -OCH3 is 1. The Hall–Kier alpha value is -2.38. The third-order valence-electron chi connectivity index (χ3n) is 5.75. The molecule has 8 heteroatoms. The molecule has 0 saturated heterocycles. The summed E-state index contributed by atoms with van der Waals surface area (Å²) in [5.41, 5.74) is 2.49. The minimum absolute atomic E-state index is 0.0586. The highest BCUT2D eigenvalue weighted by Crippen LogP contribution is 2.38. The molecule has 0 N–H and O–H groups in total. The zero-order chi connectivity index (χ0) is 23.4. The van der Waals surface area contributed by atoms with E-state index in [2.05, 4.69) is 11.4 Å². The number of fused-ring (bicyclic) bond motifs is 1. The van der Waals surface area contributed by atoms with Crippen LogP contribution in [-0.4, -0.2) is 55.0 Å². The predicted molar refractivity (Wildman–Crippen MR) is 132 cm³/mol. The summed E-state index contributed by atoms with van der Waals surface area (Å²) >= 11 is 14.1. The number of halogens is 2. The highest BCUT2D eigenvalue weighted by atomic mass is 35.5. The largest absolute Gasteiger partial charge is 0.383 e. The molecule has 1 aliphatic rings. The molecule has 0 aliphatic carbocycles. The van der Waals surface area contributed by atoms with Gasteiger partial charge in [0.05, 0.1) is 23.2 Å². The Labute approximate surface area is 207 Å². The van der Waals surface area contributed by atoms with Crippen molar-refractivity contribution in [3.8, 4) is 0 Å². The third-order valence-corrected chi connectivity index (χ3v) is 7.33. The van der Waals surface area contributed by atoms with Gasteiger partial charge in [-0.2, -0.15) is 0 Å². The van der Waals surface area contributed by atoms with Gasteiger partial charge in [0.15, 0.2) is 0 Å². The fraction of sp³-hybridized carbons (Fsp3) is 0.280. The first-order valence-electron chi connectivity index (χ1n) is 10.6.